The number of rotatable bonds is 6. The van der Waals surface area contributed by atoms with Crippen molar-refractivity contribution in [3.8, 4) is 0 Å². The molecule has 0 N–H and O–H groups in total. The first-order valence-corrected chi connectivity index (χ1v) is 25.7. The van der Waals surface area contributed by atoms with E-state index >= 15 is 0 Å². The highest BCUT2D eigenvalue weighted by atomic mass is 32.2. The molecule has 3 heterocycles. The number of ether oxygens (including phenoxy) is 3. The third kappa shape index (κ3) is 12.1. The molecule has 63 heavy (non-hydrogen) atoms. The third-order valence-electron chi connectivity index (χ3n) is 11.4. The number of sulfonamides is 3. The Morgan fingerprint density at radius 3 is 0.841 bits per heavy atom. The summed E-state index contributed by atoms with van der Waals surface area (Å²) in [4.78, 5) is 0.565. The molecule has 0 spiro atoms. The van der Waals surface area contributed by atoms with Crippen molar-refractivity contribution in [2.45, 2.75) is 74.5 Å². The summed E-state index contributed by atoms with van der Waals surface area (Å²) in [5.74, 6) is 0. The van der Waals surface area contributed by atoms with Crippen LogP contribution in [-0.4, -0.2) is 97.3 Å². The summed E-state index contributed by atoms with van der Waals surface area (Å²) in [7, 11) is -11.8. The van der Waals surface area contributed by atoms with Crippen molar-refractivity contribution in [2.75, 3.05) is 59.1 Å². The van der Waals surface area contributed by atoms with Gasteiger partial charge in [0.05, 0.1) is 54.3 Å². The maximum Gasteiger partial charge on any atom is 0.243 e. The van der Waals surface area contributed by atoms with Crippen LogP contribution in [0.5, 0.6) is 0 Å². The smallest absolute Gasteiger partial charge is 0.243 e. The van der Waals surface area contributed by atoms with E-state index in [1.165, 1.54) is 12.9 Å². The summed E-state index contributed by atoms with van der Waals surface area (Å²) in [6.45, 7) is 7.54. The molecular formula is C48H57N3O9S3. The average Bonchev–Trinajstić information content (AvgIpc) is 3.25. The Kier molecular flexibility index (Phi) is 15.3. The van der Waals surface area contributed by atoms with Gasteiger partial charge in [-0.25, -0.2) is 25.3 Å². The Labute approximate surface area is 373 Å². The zero-order chi connectivity index (χ0) is 44.6. The molecule has 12 nitrogen and oxygen atoms in total. The summed E-state index contributed by atoms with van der Waals surface area (Å²) >= 11 is 0. The lowest BCUT2D eigenvalue weighted by molar-refractivity contribution is 0.103. The maximum absolute atomic E-state index is 14.2. The molecule has 5 aromatic carbocycles. The van der Waals surface area contributed by atoms with E-state index in [4.69, 9.17) is 14.2 Å². The topological polar surface area (TPSA) is 140 Å². The van der Waals surface area contributed by atoms with E-state index in [2.05, 4.69) is 0 Å². The second kappa shape index (κ2) is 20.7. The van der Waals surface area contributed by atoms with Gasteiger partial charge in [0.2, 0.25) is 30.1 Å². The largest absolute Gasteiger partial charge is 0.375 e. The predicted octanol–water partition coefficient (Wildman–Crippen LogP) is 6.59. The molecule has 0 aromatic heterocycles. The number of hydrogen-bond acceptors (Lipinski definition) is 9. The minimum absolute atomic E-state index is 0.110. The molecule has 0 saturated carbocycles. The molecule has 336 valence electrons. The van der Waals surface area contributed by atoms with Crippen LogP contribution in [0.1, 0.15) is 50.1 Å². The molecule has 3 aliphatic rings. The SMILES string of the molecule is Cc1ccc(S(=O)(=O)N2CCOCc3cc4cc(c3)COCCN(S(=O)(=O)c3ccc(C)cc3)CCc3cc(cc(c3)CCN(S(=O)(=O)c3ccc(C)cc3)CCOC4)CC2)cc1. The van der Waals surface area contributed by atoms with E-state index in [-0.39, 0.29) is 93.6 Å². The van der Waals surface area contributed by atoms with Crippen molar-refractivity contribution >= 4 is 30.1 Å². The van der Waals surface area contributed by atoms with Crippen molar-refractivity contribution in [1.82, 2.24) is 12.9 Å². The van der Waals surface area contributed by atoms with Crippen LogP contribution in [-0.2, 0) is 83.4 Å². The fraction of sp³-hybridized carbons (Fsp3) is 0.375. The molecule has 5 aromatic rings. The normalized spacial score (nSPS) is 17.8. The Hall–Kier alpha value is -4.29. The van der Waals surface area contributed by atoms with Gasteiger partial charge < -0.3 is 14.2 Å². The molecule has 0 unspecified atom stereocenters. The second-order valence-corrected chi connectivity index (χ2v) is 22.2. The number of benzene rings is 5. The Bertz CT molecular complexity index is 2360. The minimum atomic E-state index is -3.93. The molecule has 0 fully saturated rings. The zero-order valence-corrected chi connectivity index (χ0v) is 38.7. The fourth-order valence-corrected chi connectivity index (χ4v) is 12.1. The van der Waals surface area contributed by atoms with Gasteiger partial charge in [0.15, 0.2) is 0 Å². The van der Waals surface area contributed by atoms with E-state index < -0.39 is 30.1 Å². The van der Waals surface area contributed by atoms with E-state index in [1.54, 1.807) is 72.8 Å². The van der Waals surface area contributed by atoms with Gasteiger partial charge in [0.1, 0.15) is 0 Å². The molecule has 6 bridgehead atoms. The van der Waals surface area contributed by atoms with Gasteiger partial charge in [-0.2, -0.15) is 12.9 Å². The highest BCUT2D eigenvalue weighted by Gasteiger charge is 2.28. The van der Waals surface area contributed by atoms with Crippen LogP contribution in [0, 0.1) is 20.8 Å². The van der Waals surface area contributed by atoms with Crippen LogP contribution in [0.2, 0.25) is 0 Å². The number of nitrogens with zero attached hydrogens (tertiary/aromatic N) is 3. The van der Waals surface area contributed by atoms with Crippen LogP contribution in [0.15, 0.2) is 124 Å². The second-order valence-electron chi connectivity index (χ2n) is 16.4. The third-order valence-corrected chi connectivity index (χ3v) is 17.2. The van der Waals surface area contributed by atoms with Crippen molar-refractivity contribution in [3.63, 3.8) is 0 Å². The van der Waals surface area contributed by atoms with E-state index in [0.717, 1.165) is 50.1 Å². The molecule has 8 rings (SSSR count). The molecule has 0 radical (unpaired) electrons. The quantitative estimate of drug-likeness (QED) is 0.185. The van der Waals surface area contributed by atoms with Gasteiger partial charge in [0.25, 0.3) is 0 Å². The zero-order valence-electron chi connectivity index (χ0n) is 36.2. The van der Waals surface area contributed by atoms with Crippen molar-refractivity contribution in [3.05, 3.63) is 159 Å². The molecular weight excluding hydrogens is 859 g/mol. The molecule has 0 atom stereocenters. The number of aryl methyl sites for hydroxylation is 3. The standard InChI is InChI=1S/C48H57N3O9S3/c1-37-4-10-46(11-5-37)61(52,53)49-19-16-40-28-41-17-20-50(62(54,55)47-12-6-38(2)7-13-47)23-26-59-35-44-31-43(34-58-25-22-49)32-45(33-44)36-60-27-24-51(21-18-42(29-40)30-41)63(56,57)48-14-8-39(3)9-15-48/h4-15,28-33H,16-27,34-36H2,1-3H3. The highest BCUT2D eigenvalue weighted by molar-refractivity contribution is 7.89. The van der Waals surface area contributed by atoms with Crippen LogP contribution < -0.4 is 0 Å². The van der Waals surface area contributed by atoms with Crippen LogP contribution in [0.25, 0.3) is 0 Å². The summed E-state index contributed by atoms with van der Waals surface area (Å²) in [6, 6.07) is 32.3. The highest BCUT2D eigenvalue weighted by Crippen LogP contribution is 2.24. The van der Waals surface area contributed by atoms with Crippen molar-refractivity contribution in [1.29, 1.82) is 0 Å². The maximum atomic E-state index is 14.2. The summed E-state index contributed by atoms with van der Waals surface area (Å²) in [6.07, 6.45) is 1.03. The minimum Gasteiger partial charge on any atom is -0.375 e. The van der Waals surface area contributed by atoms with Gasteiger partial charge in [-0.3, -0.25) is 0 Å². The average molecular weight is 916 g/mol. The molecule has 3 aliphatic heterocycles. The number of hydrogen-bond donors (Lipinski definition) is 0. The lowest BCUT2D eigenvalue weighted by atomic mass is 9.99. The lowest BCUT2D eigenvalue weighted by Gasteiger charge is -2.25. The Morgan fingerprint density at radius 2 is 0.587 bits per heavy atom. The Morgan fingerprint density at radius 1 is 0.349 bits per heavy atom. The fourth-order valence-electron chi connectivity index (χ4n) is 7.83. The monoisotopic (exact) mass is 915 g/mol. The number of fused-ring (bicyclic) bond motifs is 18. The van der Waals surface area contributed by atoms with Gasteiger partial charge >= 0.3 is 0 Å². The first-order chi connectivity index (χ1) is 30.2. The molecule has 0 amide bonds. The van der Waals surface area contributed by atoms with E-state index in [9.17, 15) is 25.3 Å². The molecule has 0 aliphatic carbocycles. The summed E-state index contributed by atoms with van der Waals surface area (Å²) in [5.41, 5.74) is 7.82. The van der Waals surface area contributed by atoms with Crippen LogP contribution >= 0.6 is 0 Å². The van der Waals surface area contributed by atoms with Gasteiger partial charge in [-0.15, -0.1) is 0 Å². The van der Waals surface area contributed by atoms with E-state index in [0.29, 0.717) is 19.3 Å². The van der Waals surface area contributed by atoms with Crippen molar-refractivity contribution in [2.24, 2.45) is 0 Å². The molecule has 15 heteroatoms. The van der Waals surface area contributed by atoms with Gasteiger partial charge in [0, 0.05) is 39.3 Å². The van der Waals surface area contributed by atoms with Crippen LogP contribution in [0.3, 0.4) is 0 Å². The Balaban J connectivity index is 1.31. The summed E-state index contributed by atoms with van der Waals surface area (Å²) in [5, 5.41) is 0. The first-order valence-electron chi connectivity index (χ1n) is 21.3. The predicted molar refractivity (Wildman–Crippen MR) is 243 cm³/mol. The lowest BCUT2D eigenvalue weighted by Crippen LogP contribution is -2.36. The van der Waals surface area contributed by atoms with Gasteiger partial charge in [-0.1, -0.05) is 89.5 Å². The van der Waals surface area contributed by atoms with E-state index in [1.807, 2.05) is 57.2 Å². The summed E-state index contributed by atoms with van der Waals surface area (Å²) < 4.78 is 108. The molecule has 0 saturated heterocycles. The first kappa shape index (κ1) is 46.7. The van der Waals surface area contributed by atoms with Gasteiger partial charge in [-0.05, 0) is 110 Å². The van der Waals surface area contributed by atoms with Crippen LogP contribution in [0.4, 0.5) is 0 Å². The van der Waals surface area contributed by atoms with Crippen molar-refractivity contribution < 1.29 is 39.5 Å².